The molecule has 7 heteroatoms. The summed E-state index contributed by atoms with van der Waals surface area (Å²) in [5, 5.41) is 12.6. The molecule has 0 aliphatic carbocycles. The molecule has 0 radical (unpaired) electrons. The molecule has 118 valence electrons. The standard InChI is InChI=1S/C15H18FN3O3/c1-10-9-11(3-4-12(10)16)15-17-13(22-18-15)5-6-14(21)19(2)7-8-20/h3-4,9,20H,5-8H2,1-2H3. The number of aryl methyl sites for hydroxylation is 2. The fourth-order valence-corrected chi connectivity index (χ4v) is 1.94. The number of aliphatic hydroxyl groups excluding tert-OH is 1. The Morgan fingerprint density at radius 1 is 1.45 bits per heavy atom. The third kappa shape index (κ3) is 3.88. The Kier molecular flexibility index (Phi) is 5.21. The van der Waals surface area contributed by atoms with E-state index in [1.54, 1.807) is 26.1 Å². The largest absolute Gasteiger partial charge is 0.395 e. The van der Waals surface area contributed by atoms with E-state index in [4.69, 9.17) is 9.63 Å². The number of aromatic nitrogens is 2. The predicted molar refractivity (Wildman–Crippen MR) is 77.5 cm³/mol. The van der Waals surface area contributed by atoms with Crippen molar-refractivity contribution in [3.63, 3.8) is 0 Å². The quantitative estimate of drug-likeness (QED) is 0.876. The summed E-state index contributed by atoms with van der Waals surface area (Å²) in [6, 6.07) is 4.58. The Bertz CT molecular complexity index is 657. The van der Waals surface area contributed by atoms with Gasteiger partial charge < -0.3 is 14.5 Å². The minimum Gasteiger partial charge on any atom is -0.395 e. The zero-order valence-electron chi connectivity index (χ0n) is 12.5. The van der Waals surface area contributed by atoms with Crippen molar-refractivity contribution in [3.8, 4) is 11.4 Å². The van der Waals surface area contributed by atoms with Crippen LogP contribution < -0.4 is 0 Å². The van der Waals surface area contributed by atoms with Gasteiger partial charge in [-0.25, -0.2) is 4.39 Å². The van der Waals surface area contributed by atoms with Crippen LogP contribution in [0.2, 0.25) is 0 Å². The van der Waals surface area contributed by atoms with Gasteiger partial charge in [-0.3, -0.25) is 4.79 Å². The molecule has 2 rings (SSSR count). The van der Waals surface area contributed by atoms with Crippen molar-refractivity contribution in [1.82, 2.24) is 15.0 Å². The van der Waals surface area contributed by atoms with E-state index in [2.05, 4.69) is 10.1 Å². The summed E-state index contributed by atoms with van der Waals surface area (Å²) < 4.78 is 18.3. The minimum absolute atomic E-state index is 0.0726. The lowest BCUT2D eigenvalue weighted by Gasteiger charge is -2.14. The highest BCUT2D eigenvalue weighted by Crippen LogP contribution is 2.19. The molecule has 1 aromatic heterocycles. The van der Waals surface area contributed by atoms with E-state index in [9.17, 15) is 9.18 Å². The Labute approximate surface area is 127 Å². The monoisotopic (exact) mass is 307 g/mol. The van der Waals surface area contributed by atoms with Crippen LogP contribution in [0.25, 0.3) is 11.4 Å². The van der Waals surface area contributed by atoms with Crippen LogP contribution in [0.15, 0.2) is 22.7 Å². The number of carbonyl (C=O) groups is 1. The highest BCUT2D eigenvalue weighted by atomic mass is 19.1. The fourth-order valence-electron chi connectivity index (χ4n) is 1.94. The van der Waals surface area contributed by atoms with Gasteiger partial charge in [0.15, 0.2) is 0 Å². The number of hydrogen-bond donors (Lipinski definition) is 1. The lowest BCUT2D eigenvalue weighted by molar-refractivity contribution is -0.130. The van der Waals surface area contributed by atoms with Crippen molar-refractivity contribution in [2.75, 3.05) is 20.2 Å². The molecule has 0 spiro atoms. The molecule has 2 aromatic rings. The van der Waals surface area contributed by atoms with E-state index < -0.39 is 0 Å². The fraction of sp³-hybridized carbons (Fsp3) is 0.400. The maximum absolute atomic E-state index is 13.2. The number of aliphatic hydroxyl groups is 1. The highest BCUT2D eigenvalue weighted by Gasteiger charge is 2.13. The number of likely N-dealkylation sites (N-methyl/N-ethyl adjacent to an activating group) is 1. The molecular formula is C15H18FN3O3. The first-order valence-electron chi connectivity index (χ1n) is 6.95. The number of halogens is 1. The Morgan fingerprint density at radius 2 is 2.23 bits per heavy atom. The summed E-state index contributed by atoms with van der Waals surface area (Å²) in [5.74, 6) is 0.327. The Morgan fingerprint density at radius 3 is 2.91 bits per heavy atom. The normalized spacial score (nSPS) is 10.7. The molecular weight excluding hydrogens is 289 g/mol. The first-order chi connectivity index (χ1) is 10.5. The summed E-state index contributed by atoms with van der Waals surface area (Å²) in [7, 11) is 1.62. The molecule has 1 N–H and O–H groups in total. The molecule has 0 aliphatic heterocycles. The SMILES string of the molecule is Cc1cc(-c2noc(CCC(=O)N(C)CCO)n2)ccc1F. The number of nitrogens with zero attached hydrogens (tertiary/aromatic N) is 3. The van der Waals surface area contributed by atoms with Crippen LogP contribution in [0, 0.1) is 12.7 Å². The number of carbonyl (C=O) groups excluding carboxylic acids is 1. The second-order valence-corrected chi connectivity index (χ2v) is 5.01. The van der Waals surface area contributed by atoms with Crippen LogP contribution in [-0.4, -0.2) is 46.3 Å². The van der Waals surface area contributed by atoms with Crippen molar-refractivity contribution >= 4 is 5.91 Å². The molecule has 0 saturated carbocycles. The van der Waals surface area contributed by atoms with Crippen LogP contribution >= 0.6 is 0 Å². The van der Waals surface area contributed by atoms with E-state index in [-0.39, 0.29) is 24.8 Å². The Balaban J connectivity index is 1.99. The van der Waals surface area contributed by atoms with Crippen molar-refractivity contribution in [2.45, 2.75) is 19.8 Å². The molecule has 22 heavy (non-hydrogen) atoms. The van der Waals surface area contributed by atoms with Crippen LogP contribution in [0.4, 0.5) is 4.39 Å². The second kappa shape index (κ2) is 7.13. The first kappa shape index (κ1) is 16.1. The number of rotatable bonds is 6. The molecule has 6 nitrogen and oxygen atoms in total. The van der Waals surface area contributed by atoms with Gasteiger partial charge in [0.05, 0.1) is 6.61 Å². The van der Waals surface area contributed by atoms with Crippen LogP contribution in [0.5, 0.6) is 0 Å². The number of benzene rings is 1. The predicted octanol–water partition coefficient (Wildman–Crippen LogP) is 1.57. The molecule has 0 atom stereocenters. The van der Waals surface area contributed by atoms with Gasteiger partial charge in [0.25, 0.3) is 0 Å². The molecule has 0 aliphatic rings. The Hall–Kier alpha value is -2.28. The maximum Gasteiger partial charge on any atom is 0.227 e. The van der Waals surface area contributed by atoms with Crippen molar-refractivity contribution in [1.29, 1.82) is 0 Å². The zero-order chi connectivity index (χ0) is 16.1. The van der Waals surface area contributed by atoms with Crippen LogP contribution in [0.3, 0.4) is 0 Å². The topological polar surface area (TPSA) is 79.5 Å². The minimum atomic E-state index is -0.287. The molecule has 1 aromatic carbocycles. The average Bonchev–Trinajstić information content (AvgIpc) is 2.96. The van der Waals surface area contributed by atoms with Crippen LogP contribution in [0.1, 0.15) is 17.9 Å². The lowest BCUT2D eigenvalue weighted by Crippen LogP contribution is -2.29. The van der Waals surface area contributed by atoms with Crippen molar-refractivity contribution < 1.29 is 18.8 Å². The number of hydrogen-bond acceptors (Lipinski definition) is 5. The molecule has 0 saturated heterocycles. The van der Waals surface area contributed by atoms with Gasteiger partial charge in [0.1, 0.15) is 5.82 Å². The van der Waals surface area contributed by atoms with E-state index >= 15 is 0 Å². The van der Waals surface area contributed by atoms with E-state index in [1.165, 1.54) is 11.0 Å². The summed E-state index contributed by atoms with van der Waals surface area (Å²) in [6.45, 7) is 1.88. The van der Waals surface area contributed by atoms with E-state index in [0.717, 1.165) is 0 Å². The summed E-state index contributed by atoms with van der Waals surface area (Å²) >= 11 is 0. The maximum atomic E-state index is 13.2. The smallest absolute Gasteiger partial charge is 0.227 e. The van der Waals surface area contributed by atoms with Gasteiger partial charge in [-0.05, 0) is 30.7 Å². The van der Waals surface area contributed by atoms with Gasteiger partial charge in [0.2, 0.25) is 17.6 Å². The van der Waals surface area contributed by atoms with Crippen molar-refractivity contribution in [2.24, 2.45) is 0 Å². The summed E-state index contributed by atoms with van der Waals surface area (Å²) in [4.78, 5) is 17.4. The van der Waals surface area contributed by atoms with Gasteiger partial charge in [0, 0.05) is 32.0 Å². The lowest BCUT2D eigenvalue weighted by atomic mass is 10.1. The van der Waals surface area contributed by atoms with Crippen LogP contribution in [-0.2, 0) is 11.2 Å². The van der Waals surface area contributed by atoms with Gasteiger partial charge in [-0.2, -0.15) is 4.98 Å². The third-order valence-electron chi connectivity index (χ3n) is 3.30. The average molecular weight is 307 g/mol. The van der Waals surface area contributed by atoms with Crippen molar-refractivity contribution in [3.05, 3.63) is 35.5 Å². The molecule has 0 fully saturated rings. The molecule has 0 unspecified atom stereocenters. The van der Waals surface area contributed by atoms with E-state index in [1.807, 2.05) is 0 Å². The third-order valence-corrected chi connectivity index (χ3v) is 3.30. The number of amides is 1. The second-order valence-electron chi connectivity index (χ2n) is 5.01. The van der Waals surface area contributed by atoms with Gasteiger partial charge in [-0.15, -0.1) is 0 Å². The molecule has 1 amide bonds. The van der Waals surface area contributed by atoms with Gasteiger partial charge >= 0.3 is 0 Å². The first-order valence-corrected chi connectivity index (χ1v) is 6.95. The van der Waals surface area contributed by atoms with Gasteiger partial charge in [-0.1, -0.05) is 5.16 Å². The van der Waals surface area contributed by atoms with E-state index in [0.29, 0.717) is 35.8 Å². The summed E-state index contributed by atoms with van der Waals surface area (Å²) in [6.07, 6.45) is 0.544. The molecule has 0 bridgehead atoms. The zero-order valence-corrected chi connectivity index (χ0v) is 12.5. The summed E-state index contributed by atoms with van der Waals surface area (Å²) in [5.41, 5.74) is 1.17. The highest BCUT2D eigenvalue weighted by molar-refractivity contribution is 5.76. The molecule has 1 heterocycles.